The second-order valence-electron chi connectivity index (χ2n) is 11.4. The Morgan fingerprint density at radius 2 is 1.68 bits per heavy atom. The molecule has 0 bridgehead atoms. The van der Waals surface area contributed by atoms with Gasteiger partial charge in [0.05, 0.1) is 32.4 Å². The number of rotatable bonds is 13. The van der Waals surface area contributed by atoms with Crippen molar-refractivity contribution in [3.05, 3.63) is 106 Å². The van der Waals surface area contributed by atoms with Crippen LogP contribution in [0.5, 0.6) is 17.2 Å². The minimum Gasteiger partial charge on any atom is -0.497 e. The second kappa shape index (κ2) is 13.3. The number of ether oxygens (including phenoxy) is 3. The van der Waals surface area contributed by atoms with E-state index in [0.717, 1.165) is 22.9 Å². The number of methoxy groups -OCH3 is 3. The second-order valence-corrected chi connectivity index (χ2v) is 11.4. The summed E-state index contributed by atoms with van der Waals surface area (Å²) in [4.78, 5) is 19.3. The molecule has 10 heteroatoms. The van der Waals surface area contributed by atoms with E-state index in [1.54, 1.807) is 21.3 Å². The maximum atomic E-state index is 14.0. The zero-order chi connectivity index (χ0) is 31.3. The summed E-state index contributed by atoms with van der Waals surface area (Å²) in [6.45, 7) is 7.49. The van der Waals surface area contributed by atoms with E-state index in [2.05, 4.69) is 58.3 Å². The Kier molecular flexibility index (Phi) is 9.29. The molecule has 3 aromatic carbocycles. The SMILES string of the molecule is CCC(C)(C)n1nnnc1[C@H](c1cc2ccc(OC)cc2[nH]c1=O)N(CCc1ccc(OC)c(OC)c1)Cc1ccccc1. The maximum absolute atomic E-state index is 14.0. The molecule has 0 aliphatic carbocycles. The van der Waals surface area contributed by atoms with Crippen LogP contribution in [0.15, 0.2) is 77.6 Å². The van der Waals surface area contributed by atoms with Crippen LogP contribution in [0.25, 0.3) is 10.9 Å². The number of aromatic nitrogens is 5. The number of fused-ring (bicyclic) bond motifs is 1. The molecule has 230 valence electrons. The molecule has 0 fully saturated rings. The van der Waals surface area contributed by atoms with Crippen molar-refractivity contribution in [3.8, 4) is 17.2 Å². The molecule has 5 aromatic rings. The summed E-state index contributed by atoms with van der Waals surface area (Å²) in [6, 6.07) is 23.3. The lowest BCUT2D eigenvalue weighted by Gasteiger charge is -2.33. The summed E-state index contributed by atoms with van der Waals surface area (Å²) in [7, 11) is 4.87. The fraction of sp³-hybridized carbons (Fsp3) is 0.353. The number of benzene rings is 3. The first-order chi connectivity index (χ1) is 21.3. The van der Waals surface area contributed by atoms with Gasteiger partial charge in [-0.25, -0.2) is 4.68 Å². The van der Waals surface area contributed by atoms with Crippen LogP contribution >= 0.6 is 0 Å². The topological polar surface area (TPSA) is 107 Å². The van der Waals surface area contributed by atoms with Crippen molar-refractivity contribution in [2.24, 2.45) is 0 Å². The first-order valence-electron chi connectivity index (χ1n) is 14.8. The maximum Gasteiger partial charge on any atom is 0.253 e. The molecule has 0 amide bonds. The van der Waals surface area contributed by atoms with Gasteiger partial charge in [-0.1, -0.05) is 43.3 Å². The van der Waals surface area contributed by atoms with Gasteiger partial charge in [-0.2, -0.15) is 0 Å². The highest BCUT2D eigenvalue weighted by molar-refractivity contribution is 5.80. The monoisotopic (exact) mass is 596 g/mol. The average Bonchev–Trinajstić information content (AvgIpc) is 3.54. The van der Waals surface area contributed by atoms with Crippen LogP contribution in [-0.2, 0) is 18.5 Å². The Labute approximate surface area is 257 Å². The van der Waals surface area contributed by atoms with Crippen LogP contribution in [0.3, 0.4) is 0 Å². The number of tetrazole rings is 1. The highest BCUT2D eigenvalue weighted by Crippen LogP contribution is 2.33. The third-order valence-corrected chi connectivity index (χ3v) is 8.28. The molecule has 2 aromatic heterocycles. The molecular formula is C34H40N6O4. The van der Waals surface area contributed by atoms with Gasteiger partial charge in [0.15, 0.2) is 17.3 Å². The van der Waals surface area contributed by atoms with Gasteiger partial charge in [0.25, 0.3) is 5.56 Å². The van der Waals surface area contributed by atoms with E-state index in [9.17, 15) is 4.79 Å². The summed E-state index contributed by atoms with van der Waals surface area (Å²) in [5.74, 6) is 2.63. The molecule has 1 atom stereocenters. The number of H-pyrrole nitrogens is 1. The van der Waals surface area contributed by atoms with E-state index in [4.69, 9.17) is 14.2 Å². The molecule has 5 rings (SSSR count). The summed E-state index contributed by atoms with van der Waals surface area (Å²) in [5, 5.41) is 14.0. The first-order valence-corrected chi connectivity index (χ1v) is 14.8. The van der Waals surface area contributed by atoms with Crippen molar-refractivity contribution in [1.29, 1.82) is 0 Å². The predicted molar refractivity (Wildman–Crippen MR) is 170 cm³/mol. The zero-order valence-corrected chi connectivity index (χ0v) is 26.2. The normalized spacial score (nSPS) is 12.4. The van der Waals surface area contributed by atoms with Crippen molar-refractivity contribution in [3.63, 3.8) is 0 Å². The van der Waals surface area contributed by atoms with Gasteiger partial charge in [-0.05, 0) is 84.0 Å². The van der Waals surface area contributed by atoms with E-state index in [0.29, 0.717) is 53.7 Å². The number of aromatic amines is 1. The molecule has 0 radical (unpaired) electrons. The Bertz CT molecular complexity index is 1770. The van der Waals surface area contributed by atoms with Crippen LogP contribution in [-0.4, -0.2) is 58.0 Å². The number of hydrogen-bond donors (Lipinski definition) is 1. The van der Waals surface area contributed by atoms with Crippen LogP contribution in [0, 0.1) is 0 Å². The standard InChI is InChI=1S/C34H40N6O4/c1-7-34(2,3)40-32(36-37-38-40)31(27-20-25-14-15-26(42-4)21-28(25)35-33(27)41)39(22-24-11-9-8-10-12-24)18-17-23-13-16-29(43-5)30(19-23)44-6/h8-16,19-21,31H,7,17-18,22H2,1-6H3,(H,35,41)/t31-/m0/s1. The summed E-state index contributed by atoms with van der Waals surface area (Å²) < 4.78 is 18.3. The number of hydrogen-bond acceptors (Lipinski definition) is 8. The smallest absolute Gasteiger partial charge is 0.253 e. The molecule has 0 aliphatic heterocycles. The highest BCUT2D eigenvalue weighted by atomic mass is 16.5. The number of nitrogens with one attached hydrogen (secondary N) is 1. The molecule has 0 unspecified atom stereocenters. The van der Waals surface area contributed by atoms with Crippen molar-refractivity contribution >= 4 is 10.9 Å². The number of nitrogens with zero attached hydrogens (tertiary/aromatic N) is 5. The van der Waals surface area contributed by atoms with Crippen LogP contribution in [0.2, 0.25) is 0 Å². The average molecular weight is 597 g/mol. The van der Waals surface area contributed by atoms with Crippen molar-refractivity contribution in [2.75, 3.05) is 27.9 Å². The lowest BCUT2D eigenvalue weighted by Crippen LogP contribution is -2.39. The lowest BCUT2D eigenvalue weighted by molar-refractivity contribution is 0.190. The number of pyridine rings is 1. The fourth-order valence-corrected chi connectivity index (χ4v) is 5.40. The minimum absolute atomic E-state index is 0.205. The highest BCUT2D eigenvalue weighted by Gasteiger charge is 2.34. The predicted octanol–water partition coefficient (Wildman–Crippen LogP) is 5.52. The van der Waals surface area contributed by atoms with E-state index in [1.807, 2.05) is 65.3 Å². The Morgan fingerprint density at radius 1 is 0.909 bits per heavy atom. The molecule has 0 saturated heterocycles. The first kappa shape index (κ1) is 30.7. The molecule has 0 aliphatic rings. The van der Waals surface area contributed by atoms with Crippen LogP contribution in [0.1, 0.15) is 55.7 Å². The molecule has 10 nitrogen and oxygen atoms in total. The van der Waals surface area contributed by atoms with Gasteiger partial charge in [-0.15, -0.1) is 5.10 Å². The van der Waals surface area contributed by atoms with E-state index in [-0.39, 0.29) is 11.1 Å². The quantitative estimate of drug-likeness (QED) is 0.189. The van der Waals surface area contributed by atoms with Crippen molar-refractivity contribution in [2.45, 2.75) is 51.7 Å². The van der Waals surface area contributed by atoms with E-state index < -0.39 is 6.04 Å². The Hall–Kier alpha value is -4.70. The van der Waals surface area contributed by atoms with Crippen molar-refractivity contribution in [1.82, 2.24) is 30.1 Å². The minimum atomic E-state index is -0.550. The molecular weight excluding hydrogens is 556 g/mol. The van der Waals surface area contributed by atoms with Gasteiger partial charge < -0.3 is 19.2 Å². The van der Waals surface area contributed by atoms with Gasteiger partial charge in [0, 0.05) is 24.7 Å². The lowest BCUT2D eigenvalue weighted by atomic mass is 9.98. The van der Waals surface area contributed by atoms with Gasteiger partial charge in [0.1, 0.15) is 11.8 Å². The molecule has 44 heavy (non-hydrogen) atoms. The van der Waals surface area contributed by atoms with E-state index in [1.165, 1.54) is 0 Å². The third-order valence-electron chi connectivity index (χ3n) is 8.28. The summed E-state index contributed by atoms with van der Waals surface area (Å²) >= 11 is 0. The molecule has 0 spiro atoms. The van der Waals surface area contributed by atoms with Crippen molar-refractivity contribution < 1.29 is 14.2 Å². The molecule has 2 heterocycles. The zero-order valence-electron chi connectivity index (χ0n) is 26.2. The van der Waals surface area contributed by atoms with Gasteiger partial charge >= 0.3 is 0 Å². The van der Waals surface area contributed by atoms with Crippen LogP contribution < -0.4 is 19.8 Å². The Morgan fingerprint density at radius 3 is 2.39 bits per heavy atom. The molecule has 0 saturated carbocycles. The van der Waals surface area contributed by atoms with Gasteiger partial charge in [-0.3, -0.25) is 9.69 Å². The van der Waals surface area contributed by atoms with Gasteiger partial charge in [0.2, 0.25) is 0 Å². The third kappa shape index (κ3) is 6.45. The van der Waals surface area contributed by atoms with Crippen LogP contribution in [0.4, 0.5) is 0 Å². The summed E-state index contributed by atoms with van der Waals surface area (Å²) in [6.07, 6.45) is 1.49. The summed E-state index contributed by atoms with van der Waals surface area (Å²) in [5.41, 5.74) is 2.87. The molecule has 1 N–H and O–H groups in total. The van der Waals surface area contributed by atoms with E-state index >= 15 is 0 Å². The fourth-order valence-electron chi connectivity index (χ4n) is 5.40. The largest absolute Gasteiger partial charge is 0.497 e. The Balaban J connectivity index is 1.66.